The Hall–Kier alpha value is -1.04. The third-order valence-electron chi connectivity index (χ3n) is 1.95. The number of amides is 1. The van der Waals surface area contributed by atoms with Crippen molar-refractivity contribution in [1.82, 2.24) is 5.32 Å². The number of methoxy groups -OCH3 is 1. The molecule has 0 aromatic carbocycles. The van der Waals surface area contributed by atoms with Crippen molar-refractivity contribution in [3.8, 4) is 0 Å². The van der Waals surface area contributed by atoms with Crippen molar-refractivity contribution in [2.45, 2.75) is 19.5 Å². The van der Waals surface area contributed by atoms with Crippen LogP contribution in [0.5, 0.6) is 0 Å². The number of carbonyl (C=O) groups excluding carboxylic acids is 1. The lowest BCUT2D eigenvalue weighted by molar-refractivity contribution is 0.0971. The van der Waals surface area contributed by atoms with E-state index in [9.17, 15) is 4.79 Å². The molecule has 1 atom stereocenters. The summed E-state index contributed by atoms with van der Waals surface area (Å²) in [5, 5.41) is 3.18. The Morgan fingerprint density at radius 2 is 2.31 bits per heavy atom. The molecule has 92 valence electrons. The smallest absolute Gasteiger partial charge is 0.284 e. The van der Waals surface area contributed by atoms with Gasteiger partial charge in [0.05, 0.1) is 13.2 Å². The second-order valence-corrected chi connectivity index (χ2v) is 3.37. The van der Waals surface area contributed by atoms with Gasteiger partial charge in [0.1, 0.15) is 5.76 Å². The fourth-order valence-electron chi connectivity index (χ4n) is 1.19. The Kier molecular flexibility index (Phi) is 6.80. The van der Waals surface area contributed by atoms with Crippen LogP contribution in [-0.2, 0) is 11.3 Å². The molecule has 3 N–H and O–H groups in total. The largest absolute Gasteiger partial charge is 0.455 e. The van der Waals surface area contributed by atoms with E-state index in [0.717, 1.165) is 0 Å². The minimum atomic E-state index is -0.550. The predicted molar refractivity (Wildman–Crippen MR) is 62.7 cm³/mol. The van der Waals surface area contributed by atoms with Crippen LogP contribution in [0.25, 0.3) is 0 Å². The molecule has 0 aliphatic carbocycles. The Bertz CT molecular complexity index is 328. The average Bonchev–Trinajstić information content (AvgIpc) is 2.63. The Labute approximate surface area is 101 Å². The van der Waals surface area contributed by atoms with Gasteiger partial charge in [-0.05, 0) is 19.1 Å². The Balaban J connectivity index is 0.00000225. The van der Waals surface area contributed by atoms with Crippen LogP contribution >= 0.6 is 12.4 Å². The summed E-state index contributed by atoms with van der Waals surface area (Å²) < 4.78 is 10.2. The predicted octanol–water partition coefficient (Wildman–Crippen LogP) is 0.925. The maximum absolute atomic E-state index is 10.7. The van der Waals surface area contributed by atoms with Crippen LogP contribution < -0.4 is 11.1 Å². The van der Waals surface area contributed by atoms with E-state index in [1.165, 1.54) is 0 Å². The number of nitrogens with two attached hydrogens (primary N) is 1. The van der Waals surface area contributed by atoms with E-state index in [-0.39, 0.29) is 24.2 Å². The van der Waals surface area contributed by atoms with Crippen LogP contribution in [0.1, 0.15) is 23.2 Å². The van der Waals surface area contributed by atoms with Crippen molar-refractivity contribution >= 4 is 18.3 Å². The van der Waals surface area contributed by atoms with Gasteiger partial charge in [-0.3, -0.25) is 4.79 Å². The SMILES string of the molecule is COCC(C)NCc1ccc(C(N)=O)o1.Cl. The van der Waals surface area contributed by atoms with Crippen LogP contribution in [-0.4, -0.2) is 25.7 Å². The minimum Gasteiger partial charge on any atom is -0.455 e. The molecule has 0 aliphatic rings. The molecule has 0 radical (unpaired) electrons. The van der Waals surface area contributed by atoms with E-state index in [0.29, 0.717) is 18.9 Å². The molecule has 0 spiro atoms. The summed E-state index contributed by atoms with van der Waals surface area (Å²) in [4.78, 5) is 10.7. The molecule has 0 fully saturated rings. The van der Waals surface area contributed by atoms with Gasteiger partial charge in [0.15, 0.2) is 5.76 Å². The van der Waals surface area contributed by atoms with Gasteiger partial charge in [-0.2, -0.15) is 0 Å². The lowest BCUT2D eigenvalue weighted by Gasteiger charge is -2.10. The van der Waals surface area contributed by atoms with Crippen LogP contribution in [0, 0.1) is 0 Å². The molecule has 0 bridgehead atoms. The Morgan fingerprint density at radius 3 is 2.81 bits per heavy atom. The maximum atomic E-state index is 10.7. The van der Waals surface area contributed by atoms with Gasteiger partial charge in [0, 0.05) is 13.2 Å². The van der Waals surface area contributed by atoms with Crippen molar-refractivity contribution in [3.05, 3.63) is 23.7 Å². The monoisotopic (exact) mass is 248 g/mol. The fraction of sp³-hybridized carbons (Fsp3) is 0.500. The molecule has 1 unspecified atom stereocenters. The summed E-state index contributed by atoms with van der Waals surface area (Å²) >= 11 is 0. The molecule has 1 aromatic heterocycles. The second-order valence-electron chi connectivity index (χ2n) is 3.37. The summed E-state index contributed by atoms with van der Waals surface area (Å²) in [6, 6.07) is 3.53. The van der Waals surface area contributed by atoms with Crippen LogP contribution in [0.3, 0.4) is 0 Å². The van der Waals surface area contributed by atoms with Crippen molar-refractivity contribution in [2.24, 2.45) is 5.73 Å². The standard InChI is InChI=1S/C10H16N2O3.ClH/c1-7(6-14-2)12-5-8-3-4-9(15-8)10(11)13;/h3-4,7,12H,5-6H2,1-2H3,(H2,11,13);1H. The van der Waals surface area contributed by atoms with E-state index in [2.05, 4.69) is 5.32 Å². The highest BCUT2D eigenvalue weighted by Gasteiger charge is 2.07. The number of rotatable bonds is 6. The van der Waals surface area contributed by atoms with Crippen molar-refractivity contribution < 1.29 is 13.9 Å². The summed E-state index contributed by atoms with van der Waals surface area (Å²) in [6.45, 7) is 3.18. The van der Waals surface area contributed by atoms with Gasteiger partial charge in [0.2, 0.25) is 0 Å². The first-order chi connectivity index (χ1) is 7.13. The van der Waals surface area contributed by atoms with Gasteiger partial charge in [-0.1, -0.05) is 0 Å². The van der Waals surface area contributed by atoms with Crippen molar-refractivity contribution in [2.75, 3.05) is 13.7 Å². The molecule has 1 aromatic rings. The van der Waals surface area contributed by atoms with Gasteiger partial charge < -0.3 is 20.2 Å². The summed E-state index contributed by atoms with van der Waals surface area (Å²) in [6.07, 6.45) is 0. The van der Waals surface area contributed by atoms with E-state index in [1.807, 2.05) is 6.92 Å². The number of carbonyl (C=O) groups is 1. The number of ether oxygens (including phenoxy) is 1. The molecule has 0 saturated heterocycles. The lowest BCUT2D eigenvalue weighted by atomic mass is 10.3. The highest BCUT2D eigenvalue weighted by atomic mass is 35.5. The minimum absolute atomic E-state index is 0. The van der Waals surface area contributed by atoms with Crippen LogP contribution in [0.4, 0.5) is 0 Å². The molecule has 0 saturated carbocycles. The molecule has 0 aliphatic heterocycles. The number of nitrogens with one attached hydrogen (secondary N) is 1. The van der Waals surface area contributed by atoms with E-state index < -0.39 is 5.91 Å². The molecule has 1 heterocycles. The molecule has 1 amide bonds. The third kappa shape index (κ3) is 4.65. The molecule has 16 heavy (non-hydrogen) atoms. The van der Waals surface area contributed by atoms with E-state index in [1.54, 1.807) is 19.2 Å². The van der Waals surface area contributed by atoms with E-state index in [4.69, 9.17) is 14.9 Å². The third-order valence-corrected chi connectivity index (χ3v) is 1.95. The second kappa shape index (κ2) is 7.27. The molecule has 6 heteroatoms. The fourth-order valence-corrected chi connectivity index (χ4v) is 1.19. The van der Waals surface area contributed by atoms with Gasteiger partial charge in [-0.25, -0.2) is 0 Å². The average molecular weight is 249 g/mol. The normalized spacial score (nSPS) is 11.9. The van der Waals surface area contributed by atoms with Gasteiger partial charge in [0.25, 0.3) is 5.91 Å². The van der Waals surface area contributed by atoms with Crippen molar-refractivity contribution in [3.63, 3.8) is 0 Å². The number of halogens is 1. The number of hydrogen-bond donors (Lipinski definition) is 2. The van der Waals surface area contributed by atoms with Gasteiger partial charge in [-0.15, -0.1) is 12.4 Å². The quantitative estimate of drug-likeness (QED) is 0.785. The topological polar surface area (TPSA) is 77.5 Å². The zero-order valence-electron chi connectivity index (χ0n) is 9.36. The highest BCUT2D eigenvalue weighted by Crippen LogP contribution is 2.06. The maximum Gasteiger partial charge on any atom is 0.284 e. The number of primary amides is 1. The van der Waals surface area contributed by atoms with Crippen LogP contribution in [0.2, 0.25) is 0 Å². The summed E-state index contributed by atoms with van der Waals surface area (Å²) in [5.74, 6) is 0.323. The van der Waals surface area contributed by atoms with Crippen molar-refractivity contribution in [1.29, 1.82) is 0 Å². The first kappa shape index (κ1) is 15.0. The zero-order chi connectivity index (χ0) is 11.3. The highest BCUT2D eigenvalue weighted by molar-refractivity contribution is 5.89. The number of furan rings is 1. The first-order valence-corrected chi connectivity index (χ1v) is 4.74. The zero-order valence-corrected chi connectivity index (χ0v) is 10.2. The molecule has 5 nitrogen and oxygen atoms in total. The van der Waals surface area contributed by atoms with Gasteiger partial charge >= 0.3 is 0 Å². The summed E-state index contributed by atoms with van der Waals surface area (Å²) in [5.41, 5.74) is 5.06. The molecule has 1 rings (SSSR count). The van der Waals surface area contributed by atoms with E-state index >= 15 is 0 Å². The number of hydrogen-bond acceptors (Lipinski definition) is 4. The summed E-state index contributed by atoms with van der Waals surface area (Å²) in [7, 11) is 1.65. The molecular weight excluding hydrogens is 232 g/mol. The van der Waals surface area contributed by atoms with Crippen LogP contribution in [0.15, 0.2) is 16.5 Å². The molecular formula is C10H17ClN2O3. The first-order valence-electron chi connectivity index (χ1n) is 4.74. The Morgan fingerprint density at radius 1 is 1.62 bits per heavy atom. The lowest BCUT2D eigenvalue weighted by Crippen LogP contribution is -2.29.